The molecule has 0 saturated heterocycles. The third kappa shape index (κ3) is 3.59. The fraction of sp³-hybridized carbons (Fsp3) is 0.111. The number of halogens is 1. The zero-order chi connectivity index (χ0) is 18.0. The van der Waals surface area contributed by atoms with E-state index in [-0.39, 0.29) is 0 Å². The van der Waals surface area contributed by atoms with Gasteiger partial charge in [0.05, 0.1) is 5.52 Å². The molecule has 2 N–H and O–H groups in total. The van der Waals surface area contributed by atoms with Crippen molar-refractivity contribution in [2.45, 2.75) is 13.5 Å². The van der Waals surface area contributed by atoms with Gasteiger partial charge in [-0.2, -0.15) is 0 Å². The molecule has 3 rings (SSSR count). The summed E-state index contributed by atoms with van der Waals surface area (Å²) in [6.45, 7) is 5.85. The fourth-order valence-electron chi connectivity index (χ4n) is 2.41. The maximum Gasteiger partial charge on any atom is 0.420 e. The van der Waals surface area contributed by atoms with Gasteiger partial charge in [-0.25, -0.2) is 9.59 Å². The molecule has 1 aromatic heterocycles. The number of anilines is 2. The number of carbonyl (C=O) groups excluding carboxylic acids is 1. The van der Waals surface area contributed by atoms with Gasteiger partial charge in [0.1, 0.15) is 0 Å². The van der Waals surface area contributed by atoms with E-state index in [4.69, 9.17) is 16.0 Å². The smallest absolute Gasteiger partial charge is 0.408 e. The van der Waals surface area contributed by atoms with Gasteiger partial charge in [0, 0.05) is 29.0 Å². The number of hydrogen-bond acceptors (Lipinski definition) is 3. The molecule has 0 fully saturated rings. The van der Waals surface area contributed by atoms with E-state index < -0.39 is 11.8 Å². The predicted octanol–water partition coefficient (Wildman–Crippen LogP) is 4.39. The van der Waals surface area contributed by atoms with Crippen LogP contribution in [0.5, 0.6) is 0 Å². The van der Waals surface area contributed by atoms with E-state index in [1.54, 1.807) is 36.4 Å². The van der Waals surface area contributed by atoms with Crippen LogP contribution in [0.25, 0.3) is 11.1 Å². The highest BCUT2D eigenvalue weighted by atomic mass is 35.5. The summed E-state index contributed by atoms with van der Waals surface area (Å²) in [6.07, 6.45) is 1.61. The largest absolute Gasteiger partial charge is 0.420 e. The second kappa shape index (κ2) is 6.86. The van der Waals surface area contributed by atoms with Crippen molar-refractivity contribution in [3.05, 3.63) is 70.2 Å². The number of amides is 2. The van der Waals surface area contributed by atoms with Crippen molar-refractivity contribution in [1.29, 1.82) is 0 Å². The van der Waals surface area contributed by atoms with Crippen LogP contribution in [0.2, 0.25) is 5.02 Å². The van der Waals surface area contributed by atoms with Crippen LogP contribution in [-0.4, -0.2) is 10.6 Å². The molecule has 0 atom stereocenters. The predicted molar refractivity (Wildman–Crippen MR) is 99.5 cm³/mol. The lowest BCUT2D eigenvalue weighted by Gasteiger charge is -2.09. The van der Waals surface area contributed by atoms with Crippen molar-refractivity contribution in [2.24, 2.45) is 0 Å². The summed E-state index contributed by atoms with van der Waals surface area (Å²) in [5, 5.41) is 5.96. The SMILES string of the molecule is C=CCn1c(=O)oc2cc(NC(=O)Nc3ccc(C)c(Cl)c3)ccc21. The first-order valence-electron chi connectivity index (χ1n) is 7.56. The van der Waals surface area contributed by atoms with E-state index in [9.17, 15) is 9.59 Å². The lowest BCUT2D eigenvalue weighted by atomic mass is 10.2. The van der Waals surface area contributed by atoms with Gasteiger partial charge in [0.25, 0.3) is 0 Å². The molecule has 0 spiro atoms. The molecule has 2 aromatic carbocycles. The van der Waals surface area contributed by atoms with Crippen LogP contribution in [0, 0.1) is 6.92 Å². The number of oxazole rings is 1. The molecule has 0 aliphatic rings. The molecular weight excluding hydrogens is 342 g/mol. The Morgan fingerprint density at radius 3 is 2.60 bits per heavy atom. The first kappa shape index (κ1) is 16.9. The zero-order valence-corrected chi connectivity index (χ0v) is 14.3. The number of carbonyl (C=O) groups is 1. The van der Waals surface area contributed by atoms with Gasteiger partial charge < -0.3 is 15.1 Å². The number of aryl methyl sites for hydroxylation is 1. The number of fused-ring (bicyclic) bond motifs is 1. The molecule has 6 nitrogen and oxygen atoms in total. The number of benzene rings is 2. The van der Waals surface area contributed by atoms with Gasteiger partial charge in [-0.3, -0.25) is 4.57 Å². The molecule has 1 heterocycles. The number of urea groups is 1. The topological polar surface area (TPSA) is 76.3 Å². The lowest BCUT2D eigenvalue weighted by Crippen LogP contribution is -2.19. The molecular formula is C18H16ClN3O3. The molecule has 25 heavy (non-hydrogen) atoms. The highest BCUT2D eigenvalue weighted by Crippen LogP contribution is 2.21. The summed E-state index contributed by atoms with van der Waals surface area (Å²) in [5.74, 6) is -0.467. The third-order valence-corrected chi connectivity index (χ3v) is 4.07. The second-order valence-corrected chi connectivity index (χ2v) is 5.90. The maximum atomic E-state index is 12.1. The Morgan fingerprint density at radius 2 is 1.92 bits per heavy atom. The van der Waals surface area contributed by atoms with Crippen molar-refractivity contribution in [2.75, 3.05) is 10.6 Å². The minimum absolute atomic E-state index is 0.354. The van der Waals surface area contributed by atoms with Gasteiger partial charge in [-0.15, -0.1) is 6.58 Å². The summed E-state index contributed by atoms with van der Waals surface area (Å²) in [7, 11) is 0. The summed E-state index contributed by atoms with van der Waals surface area (Å²) >= 11 is 6.04. The normalized spacial score (nSPS) is 10.6. The van der Waals surface area contributed by atoms with Crippen molar-refractivity contribution in [3.63, 3.8) is 0 Å². The number of hydrogen-bond donors (Lipinski definition) is 2. The summed E-state index contributed by atoms with van der Waals surface area (Å²) < 4.78 is 6.65. The maximum absolute atomic E-state index is 12.1. The van der Waals surface area contributed by atoms with E-state index in [0.29, 0.717) is 34.0 Å². The van der Waals surface area contributed by atoms with E-state index in [1.165, 1.54) is 4.57 Å². The van der Waals surface area contributed by atoms with Crippen LogP contribution in [0.15, 0.2) is 58.3 Å². The molecule has 128 valence electrons. The highest BCUT2D eigenvalue weighted by Gasteiger charge is 2.10. The third-order valence-electron chi connectivity index (χ3n) is 3.67. The number of nitrogens with zero attached hydrogens (tertiary/aromatic N) is 1. The molecule has 0 aliphatic heterocycles. The van der Waals surface area contributed by atoms with Gasteiger partial charge in [0.15, 0.2) is 5.58 Å². The van der Waals surface area contributed by atoms with Crippen molar-refractivity contribution >= 4 is 40.1 Å². The second-order valence-electron chi connectivity index (χ2n) is 5.49. The Labute approximate surface area is 148 Å². The summed E-state index contributed by atoms with van der Waals surface area (Å²) in [4.78, 5) is 23.9. The van der Waals surface area contributed by atoms with E-state index >= 15 is 0 Å². The molecule has 0 saturated carbocycles. The van der Waals surface area contributed by atoms with Crippen molar-refractivity contribution < 1.29 is 9.21 Å². The molecule has 0 aliphatic carbocycles. The van der Waals surface area contributed by atoms with Crippen LogP contribution in [-0.2, 0) is 6.54 Å². The van der Waals surface area contributed by atoms with Gasteiger partial charge in [0.2, 0.25) is 0 Å². The number of rotatable bonds is 4. The van der Waals surface area contributed by atoms with E-state index in [2.05, 4.69) is 17.2 Å². The summed E-state index contributed by atoms with van der Waals surface area (Å²) in [5.41, 5.74) is 3.04. The summed E-state index contributed by atoms with van der Waals surface area (Å²) in [6, 6.07) is 9.83. The fourth-order valence-corrected chi connectivity index (χ4v) is 2.59. The molecule has 0 radical (unpaired) electrons. The monoisotopic (exact) mass is 357 g/mol. The Balaban J connectivity index is 1.78. The van der Waals surface area contributed by atoms with Crippen LogP contribution < -0.4 is 16.4 Å². The van der Waals surface area contributed by atoms with Crippen LogP contribution in [0.1, 0.15) is 5.56 Å². The minimum atomic E-state index is -0.467. The Bertz CT molecular complexity index is 1020. The van der Waals surface area contributed by atoms with Crippen molar-refractivity contribution in [1.82, 2.24) is 4.57 Å². The first-order chi connectivity index (χ1) is 12.0. The van der Waals surface area contributed by atoms with E-state index in [0.717, 1.165) is 5.56 Å². The molecule has 0 unspecified atom stereocenters. The molecule has 7 heteroatoms. The Morgan fingerprint density at radius 1 is 1.24 bits per heavy atom. The zero-order valence-electron chi connectivity index (χ0n) is 13.5. The molecule has 2 amide bonds. The Kier molecular flexibility index (Phi) is 4.63. The van der Waals surface area contributed by atoms with Gasteiger partial charge >= 0.3 is 11.8 Å². The molecule has 0 bridgehead atoms. The number of allylic oxidation sites excluding steroid dienone is 1. The van der Waals surface area contributed by atoms with Gasteiger partial charge in [-0.05, 0) is 36.8 Å². The average molecular weight is 358 g/mol. The number of nitrogens with one attached hydrogen (secondary N) is 2. The first-order valence-corrected chi connectivity index (χ1v) is 7.94. The average Bonchev–Trinajstić information content (AvgIpc) is 2.86. The van der Waals surface area contributed by atoms with Gasteiger partial charge in [-0.1, -0.05) is 23.7 Å². The van der Waals surface area contributed by atoms with Crippen LogP contribution in [0.4, 0.5) is 16.2 Å². The lowest BCUT2D eigenvalue weighted by molar-refractivity contribution is 0.262. The van der Waals surface area contributed by atoms with Crippen LogP contribution >= 0.6 is 11.6 Å². The highest BCUT2D eigenvalue weighted by molar-refractivity contribution is 6.31. The standard InChI is InChI=1S/C18H16ClN3O3/c1-3-8-22-15-7-6-13(10-16(15)25-18(22)24)21-17(23)20-12-5-4-11(2)14(19)9-12/h3-7,9-10H,1,8H2,2H3,(H2,20,21,23). The Hall–Kier alpha value is -2.99. The van der Waals surface area contributed by atoms with E-state index in [1.807, 2.05) is 13.0 Å². The van der Waals surface area contributed by atoms with Crippen molar-refractivity contribution in [3.8, 4) is 0 Å². The molecule has 3 aromatic rings. The quantitative estimate of drug-likeness (QED) is 0.680. The minimum Gasteiger partial charge on any atom is -0.408 e. The number of aromatic nitrogens is 1. The van der Waals surface area contributed by atoms with Crippen LogP contribution in [0.3, 0.4) is 0 Å².